The molecule has 0 aliphatic rings. The summed E-state index contributed by atoms with van der Waals surface area (Å²) in [5.74, 6) is 0. The summed E-state index contributed by atoms with van der Waals surface area (Å²) in [6, 6.07) is 0. The molecule has 0 aliphatic heterocycles. The molecule has 0 aromatic heterocycles. The molecular weight excluding hydrogens is 156 g/mol. The molecule has 0 aromatic carbocycles. The normalized spacial score (nSPS) is 15.1. The number of hydrogen-bond donors (Lipinski definition) is 1. The summed E-state index contributed by atoms with van der Waals surface area (Å²) in [5, 5.41) is 0. The van der Waals surface area contributed by atoms with Crippen molar-refractivity contribution in [3.63, 3.8) is 0 Å². The van der Waals surface area contributed by atoms with Gasteiger partial charge in [-0.1, -0.05) is 6.92 Å². The zero-order chi connectivity index (χ0) is 9.78. The minimum atomic E-state index is -0.411. The molecule has 0 fully saturated rings. The van der Waals surface area contributed by atoms with Gasteiger partial charge in [0.2, 0.25) is 0 Å². The standard InChI is InChI=1S/C8H18N2O2/c1-5-8(2,9)6-12-7(11)10(3)4/h5-6,9H2,1-4H3. The molecule has 1 atom stereocenters. The van der Waals surface area contributed by atoms with Crippen molar-refractivity contribution in [3.8, 4) is 0 Å². The van der Waals surface area contributed by atoms with E-state index < -0.39 is 5.54 Å². The quantitative estimate of drug-likeness (QED) is 0.689. The maximum atomic E-state index is 11.0. The van der Waals surface area contributed by atoms with Crippen LogP contribution >= 0.6 is 0 Å². The van der Waals surface area contributed by atoms with Gasteiger partial charge >= 0.3 is 6.09 Å². The average Bonchev–Trinajstić information content (AvgIpc) is 2.00. The maximum absolute atomic E-state index is 11.0. The van der Waals surface area contributed by atoms with Gasteiger partial charge in [0.05, 0.1) is 0 Å². The number of carbonyl (C=O) groups excluding carboxylic acids is 1. The van der Waals surface area contributed by atoms with E-state index in [0.717, 1.165) is 6.42 Å². The first kappa shape index (κ1) is 11.2. The number of amides is 1. The first-order chi connectivity index (χ1) is 5.39. The topological polar surface area (TPSA) is 55.6 Å². The Balaban J connectivity index is 3.76. The average molecular weight is 174 g/mol. The minimum absolute atomic E-state index is 0.264. The molecule has 1 amide bonds. The van der Waals surface area contributed by atoms with Gasteiger partial charge in [-0.25, -0.2) is 4.79 Å². The Morgan fingerprint density at radius 1 is 1.58 bits per heavy atom. The fourth-order valence-electron chi connectivity index (χ4n) is 0.458. The molecule has 4 nitrogen and oxygen atoms in total. The van der Waals surface area contributed by atoms with Crippen molar-refractivity contribution < 1.29 is 9.53 Å². The molecule has 4 heteroatoms. The van der Waals surface area contributed by atoms with Crippen molar-refractivity contribution in [1.29, 1.82) is 0 Å². The first-order valence-corrected chi connectivity index (χ1v) is 4.02. The molecule has 72 valence electrons. The summed E-state index contributed by atoms with van der Waals surface area (Å²) in [7, 11) is 3.28. The summed E-state index contributed by atoms with van der Waals surface area (Å²) in [4.78, 5) is 12.3. The fraction of sp³-hybridized carbons (Fsp3) is 0.875. The molecule has 0 saturated heterocycles. The lowest BCUT2D eigenvalue weighted by atomic mass is 10.0. The zero-order valence-corrected chi connectivity index (χ0v) is 8.26. The van der Waals surface area contributed by atoms with E-state index >= 15 is 0 Å². The Hall–Kier alpha value is -0.770. The highest BCUT2D eigenvalue weighted by Crippen LogP contribution is 2.05. The predicted octanol–water partition coefficient (Wildman–Crippen LogP) is 0.812. The van der Waals surface area contributed by atoms with Crippen molar-refractivity contribution in [1.82, 2.24) is 4.90 Å². The van der Waals surface area contributed by atoms with Crippen LogP contribution in [-0.2, 0) is 4.74 Å². The van der Waals surface area contributed by atoms with E-state index in [9.17, 15) is 4.79 Å². The second-order valence-electron chi connectivity index (χ2n) is 3.46. The third kappa shape index (κ3) is 4.18. The zero-order valence-electron chi connectivity index (χ0n) is 8.26. The van der Waals surface area contributed by atoms with Gasteiger partial charge in [0, 0.05) is 19.6 Å². The van der Waals surface area contributed by atoms with Crippen molar-refractivity contribution in [3.05, 3.63) is 0 Å². The molecule has 0 aromatic rings. The molecular formula is C8H18N2O2. The Bertz CT molecular complexity index is 155. The monoisotopic (exact) mass is 174 g/mol. The Morgan fingerprint density at radius 2 is 2.08 bits per heavy atom. The summed E-state index contributed by atoms with van der Waals surface area (Å²) in [6.45, 7) is 4.08. The van der Waals surface area contributed by atoms with Crippen LogP contribution in [0.3, 0.4) is 0 Å². The highest BCUT2D eigenvalue weighted by molar-refractivity contribution is 5.66. The number of nitrogens with zero attached hydrogens (tertiary/aromatic N) is 1. The highest BCUT2D eigenvalue weighted by Gasteiger charge is 2.18. The van der Waals surface area contributed by atoms with Crippen molar-refractivity contribution in [2.24, 2.45) is 5.73 Å². The lowest BCUT2D eigenvalue weighted by molar-refractivity contribution is 0.0956. The molecule has 12 heavy (non-hydrogen) atoms. The number of rotatable bonds is 3. The van der Waals surface area contributed by atoms with Gasteiger partial charge in [-0.2, -0.15) is 0 Å². The van der Waals surface area contributed by atoms with E-state index in [0.29, 0.717) is 0 Å². The molecule has 0 aliphatic carbocycles. The van der Waals surface area contributed by atoms with E-state index in [4.69, 9.17) is 10.5 Å². The number of carbonyl (C=O) groups is 1. The van der Waals surface area contributed by atoms with E-state index in [-0.39, 0.29) is 12.7 Å². The van der Waals surface area contributed by atoms with Crippen LogP contribution in [0.25, 0.3) is 0 Å². The maximum Gasteiger partial charge on any atom is 0.409 e. The third-order valence-electron chi connectivity index (χ3n) is 1.70. The largest absolute Gasteiger partial charge is 0.447 e. The summed E-state index contributed by atoms with van der Waals surface area (Å²) in [5.41, 5.74) is 5.36. The summed E-state index contributed by atoms with van der Waals surface area (Å²) < 4.78 is 4.92. The third-order valence-corrected chi connectivity index (χ3v) is 1.70. The van der Waals surface area contributed by atoms with E-state index in [2.05, 4.69) is 0 Å². The van der Waals surface area contributed by atoms with Crippen LogP contribution < -0.4 is 5.73 Å². The van der Waals surface area contributed by atoms with Crippen LogP contribution in [0.4, 0.5) is 4.79 Å². The highest BCUT2D eigenvalue weighted by atomic mass is 16.6. The number of ether oxygens (including phenoxy) is 1. The molecule has 0 bridgehead atoms. The van der Waals surface area contributed by atoms with Gasteiger partial charge in [-0.3, -0.25) is 0 Å². The second kappa shape index (κ2) is 4.30. The first-order valence-electron chi connectivity index (χ1n) is 4.02. The van der Waals surface area contributed by atoms with E-state index in [1.807, 2.05) is 13.8 Å². The molecule has 2 N–H and O–H groups in total. The van der Waals surface area contributed by atoms with E-state index in [1.54, 1.807) is 14.1 Å². The number of hydrogen-bond acceptors (Lipinski definition) is 3. The van der Waals surface area contributed by atoms with Crippen LogP contribution in [0.2, 0.25) is 0 Å². The predicted molar refractivity (Wildman–Crippen MR) is 47.9 cm³/mol. The summed E-state index contributed by atoms with van der Waals surface area (Å²) >= 11 is 0. The van der Waals surface area contributed by atoms with Gasteiger partial charge in [0.15, 0.2) is 0 Å². The van der Waals surface area contributed by atoms with Crippen molar-refractivity contribution in [2.75, 3.05) is 20.7 Å². The lowest BCUT2D eigenvalue weighted by Gasteiger charge is -2.23. The van der Waals surface area contributed by atoms with Gasteiger partial charge < -0.3 is 15.4 Å². The number of nitrogens with two attached hydrogens (primary N) is 1. The van der Waals surface area contributed by atoms with Crippen molar-refractivity contribution >= 4 is 6.09 Å². The SMILES string of the molecule is CCC(C)(N)COC(=O)N(C)C. The second-order valence-corrected chi connectivity index (χ2v) is 3.46. The van der Waals surface area contributed by atoms with Gasteiger partial charge in [0.25, 0.3) is 0 Å². The Morgan fingerprint density at radius 3 is 2.42 bits per heavy atom. The smallest absolute Gasteiger partial charge is 0.409 e. The summed E-state index contributed by atoms with van der Waals surface area (Å²) in [6.07, 6.45) is 0.438. The van der Waals surface area contributed by atoms with Crippen LogP contribution in [0, 0.1) is 0 Å². The Kier molecular flexibility index (Phi) is 4.03. The van der Waals surface area contributed by atoms with Gasteiger partial charge in [-0.15, -0.1) is 0 Å². The lowest BCUT2D eigenvalue weighted by Crippen LogP contribution is -2.42. The minimum Gasteiger partial charge on any atom is -0.447 e. The van der Waals surface area contributed by atoms with Gasteiger partial charge in [-0.05, 0) is 13.3 Å². The Labute approximate surface area is 73.7 Å². The van der Waals surface area contributed by atoms with Crippen LogP contribution in [0.15, 0.2) is 0 Å². The van der Waals surface area contributed by atoms with Crippen LogP contribution in [0.1, 0.15) is 20.3 Å². The van der Waals surface area contributed by atoms with E-state index in [1.165, 1.54) is 4.90 Å². The molecule has 0 saturated carbocycles. The fourth-order valence-corrected chi connectivity index (χ4v) is 0.458. The van der Waals surface area contributed by atoms with Crippen LogP contribution in [-0.4, -0.2) is 37.2 Å². The molecule has 0 heterocycles. The molecule has 0 radical (unpaired) electrons. The van der Waals surface area contributed by atoms with Gasteiger partial charge in [0.1, 0.15) is 6.61 Å². The molecule has 0 spiro atoms. The molecule has 1 unspecified atom stereocenters. The molecule has 0 rings (SSSR count). The van der Waals surface area contributed by atoms with Crippen LogP contribution in [0.5, 0.6) is 0 Å². The van der Waals surface area contributed by atoms with Crippen molar-refractivity contribution in [2.45, 2.75) is 25.8 Å².